The van der Waals surface area contributed by atoms with E-state index in [0.29, 0.717) is 0 Å². The van der Waals surface area contributed by atoms with Crippen molar-refractivity contribution >= 4 is 71.4 Å². The second-order valence-electron chi connectivity index (χ2n) is 0.250. The molecule has 0 saturated carbocycles. The zero-order chi connectivity index (χ0) is 5.58. The van der Waals surface area contributed by atoms with Gasteiger partial charge in [0.05, 0.1) is 0 Å². The monoisotopic (exact) mass is 187 g/mol. The van der Waals surface area contributed by atoms with Crippen molar-refractivity contribution in [1.29, 1.82) is 0 Å². The van der Waals surface area contributed by atoms with Gasteiger partial charge >= 0.3 is 69.7 Å². The predicted molar refractivity (Wildman–Crippen MR) is 24.0 cm³/mol. The van der Waals surface area contributed by atoms with E-state index in [2.05, 4.69) is 0 Å². The Morgan fingerprint density at radius 1 is 1.22 bits per heavy atom. The Morgan fingerprint density at radius 3 is 1.22 bits per heavy atom. The molecule has 5 nitrogen and oxygen atoms in total. The topological polar surface area (TPSA) is 109 Å². The summed E-state index contributed by atoms with van der Waals surface area (Å²) in [5, 5.41) is 16.7. The van der Waals surface area contributed by atoms with Crippen LogP contribution in [0.5, 0.6) is 0 Å². The normalized spacial score (nSPS) is 3.33. The Bertz CT molecular complexity index is 48.2. The molecule has 0 aromatic heterocycles. The number of carbonyl (C=O) groups is 1. The van der Waals surface area contributed by atoms with Crippen LogP contribution < -0.4 is 10.2 Å². The van der Waals surface area contributed by atoms with Crippen LogP contribution >= 0.6 is 0 Å². The van der Waals surface area contributed by atoms with Crippen LogP contribution in [0.1, 0.15) is 0 Å². The second-order valence-corrected chi connectivity index (χ2v) is 0.250. The van der Waals surface area contributed by atoms with Gasteiger partial charge in [-0.05, 0) is 6.16 Å². The van der Waals surface area contributed by atoms with Crippen molar-refractivity contribution in [2.45, 2.75) is 0 Å². The van der Waals surface area contributed by atoms with Crippen LogP contribution in [0.4, 0.5) is 4.79 Å². The first-order chi connectivity index (χ1) is 2.73. The largest absolute Gasteiger partial charge is 3.00 e. The van der Waals surface area contributed by atoms with Gasteiger partial charge in [0.1, 0.15) is 0 Å². The van der Waals surface area contributed by atoms with Crippen LogP contribution in [-0.2, 0) is 9.94 Å². The van der Waals surface area contributed by atoms with Crippen LogP contribution in [-0.4, -0.2) is 71.4 Å². The van der Waals surface area contributed by atoms with E-state index in [1.807, 2.05) is 0 Å². The smallest absolute Gasteiger partial charge is 2.00 e. The number of carbonyl (C=O) groups excluding carboxylic acids is 1. The van der Waals surface area contributed by atoms with Gasteiger partial charge in [0.15, 0.2) is 0 Å². The van der Waals surface area contributed by atoms with Gasteiger partial charge in [-0.3, -0.25) is 0 Å². The molecule has 0 unspecified atom stereocenters. The number of carboxylic acid groups (broad SMARTS) is 2. The number of hydrogen-bond acceptors (Lipinski definition) is 4. The van der Waals surface area contributed by atoms with Gasteiger partial charge in [0, 0.05) is 0 Å². The average Bonchev–Trinajstić information content (AvgIpc) is 1.41. The molecule has 9 heavy (non-hydrogen) atoms. The Kier molecular flexibility index (Phi) is 129. The minimum Gasteiger partial charge on any atom is -2.00 e. The van der Waals surface area contributed by atoms with Crippen LogP contribution in [0, 0.1) is 0 Å². The van der Waals surface area contributed by atoms with Crippen molar-refractivity contribution in [1.82, 2.24) is 0 Å². The van der Waals surface area contributed by atoms with E-state index in [1.165, 1.54) is 0 Å². The molecule has 0 heterocycles. The van der Waals surface area contributed by atoms with E-state index in [1.54, 1.807) is 10.1 Å². The predicted octanol–water partition coefficient (Wildman–Crippen LogP) is -3.83. The third-order valence-corrected chi connectivity index (χ3v) is 0. The minimum atomic E-state index is -2.33. The molecule has 8 heteroatoms. The standard InChI is InChI=1S/CH2O3.Al.Ca.OSi.O/c2-1(3)4;;;1-2;/h(H2,2,3,4);;;;/q;+3;2*+2;-2/p-2. The molecule has 0 aromatic rings. The molecule has 0 aliphatic carbocycles. The zero-order valence-electron chi connectivity index (χ0n) is 4.33. The van der Waals surface area contributed by atoms with Crippen molar-refractivity contribution in [3.63, 3.8) is 0 Å². The first kappa shape index (κ1) is 32.3. The maximum Gasteiger partial charge on any atom is 3.00 e. The summed E-state index contributed by atoms with van der Waals surface area (Å²) in [6.45, 7) is 0. The van der Waals surface area contributed by atoms with Gasteiger partial charge in [0.25, 0.3) is 0 Å². The maximum absolute atomic E-state index is 8.33. The van der Waals surface area contributed by atoms with Crippen molar-refractivity contribution in [2.24, 2.45) is 0 Å². The summed E-state index contributed by atoms with van der Waals surface area (Å²) in [5.74, 6) is 0. The maximum atomic E-state index is 8.33. The molecular formula is CAlCaO5Si+3. The van der Waals surface area contributed by atoms with E-state index in [4.69, 9.17) is 19.5 Å². The molecule has 0 rings (SSSR count). The van der Waals surface area contributed by atoms with Gasteiger partial charge in [0.2, 0.25) is 0 Å². The van der Waals surface area contributed by atoms with Crippen LogP contribution in [0.25, 0.3) is 0 Å². The van der Waals surface area contributed by atoms with Crippen molar-refractivity contribution in [2.75, 3.05) is 0 Å². The fraction of sp³-hybridized carbons (Fsp3) is 0. The summed E-state index contributed by atoms with van der Waals surface area (Å²) in [4.78, 5) is 8.33. The SMILES string of the molecule is O=C([O-])[O-].O=[Si+2].[Al+3].[Ca+2].[O-2]. The molecule has 0 saturated heterocycles. The van der Waals surface area contributed by atoms with Crippen LogP contribution in [0.3, 0.4) is 0 Å². The van der Waals surface area contributed by atoms with E-state index < -0.39 is 6.16 Å². The molecule has 0 spiro atoms. The second kappa shape index (κ2) is 35.8. The van der Waals surface area contributed by atoms with Crippen molar-refractivity contribution in [3.8, 4) is 0 Å². The summed E-state index contributed by atoms with van der Waals surface area (Å²) in [6, 6.07) is 0. The molecular weight excluding hydrogens is 187 g/mol. The average molecular weight is 187 g/mol. The third-order valence-electron chi connectivity index (χ3n) is 0. The van der Waals surface area contributed by atoms with E-state index in [0.717, 1.165) is 0 Å². The summed E-state index contributed by atoms with van der Waals surface area (Å²) < 4.78 is 8.06. The van der Waals surface area contributed by atoms with Gasteiger partial charge < -0.3 is 20.5 Å². The molecule has 0 amide bonds. The molecule has 0 atom stereocenters. The van der Waals surface area contributed by atoms with E-state index >= 15 is 0 Å². The van der Waals surface area contributed by atoms with Crippen LogP contribution in [0.15, 0.2) is 0 Å². The third kappa shape index (κ3) is 415. The quantitative estimate of drug-likeness (QED) is 0.362. The van der Waals surface area contributed by atoms with Gasteiger partial charge in [-0.15, -0.1) is 0 Å². The Balaban J connectivity index is -0.00000000990. The summed E-state index contributed by atoms with van der Waals surface area (Å²) in [7, 11) is 1.72. The van der Waals surface area contributed by atoms with Crippen molar-refractivity contribution in [3.05, 3.63) is 0 Å². The summed E-state index contributed by atoms with van der Waals surface area (Å²) in [6.07, 6.45) is -2.33. The summed E-state index contributed by atoms with van der Waals surface area (Å²) >= 11 is 0. The fourth-order valence-corrected chi connectivity index (χ4v) is 0. The van der Waals surface area contributed by atoms with Crippen LogP contribution in [0.2, 0.25) is 0 Å². The Labute approximate surface area is 95.4 Å². The van der Waals surface area contributed by atoms with Gasteiger partial charge in [-0.25, -0.2) is 0 Å². The molecule has 0 fully saturated rings. The fourth-order valence-electron chi connectivity index (χ4n) is 0. The number of hydrogen-bond donors (Lipinski definition) is 0. The van der Waals surface area contributed by atoms with Gasteiger partial charge in [-0.1, -0.05) is 0 Å². The van der Waals surface area contributed by atoms with E-state index in [-0.39, 0.29) is 60.6 Å². The van der Waals surface area contributed by atoms with Crippen molar-refractivity contribution < 1.29 is 24.9 Å². The molecule has 0 aromatic carbocycles. The van der Waals surface area contributed by atoms with Gasteiger partial charge in [-0.2, -0.15) is 0 Å². The molecule has 0 aliphatic rings. The molecule has 0 radical (unpaired) electrons. The Morgan fingerprint density at radius 2 is 1.22 bits per heavy atom. The minimum absolute atomic E-state index is 0. The first-order valence-electron chi connectivity index (χ1n) is 0.816. The Hall–Kier alpha value is 1.04. The zero-order valence-corrected chi connectivity index (χ0v) is 8.69. The molecule has 40 valence electrons. The summed E-state index contributed by atoms with van der Waals surface area (Å²) in [5.41, 5.74) is 0. The number of rotatable bonds is 0. The molecule has 0 bridgehead atoms. The van der Waals surface area contributed by atoms with E-state index in [9.17, 15) is 0 Å². The molecule has 0 N–H and O–H groups in total. The molecule has 0 aliphatic heterocycles. The first-order valence-corrected chi connectivity index (χ1v) is 1.22.